The van der Waals surface area contributed by atoms with Gasteiger partial charge >= 0.3 is 0 Å². The summed E-state index contributed by atoms with van der Waals surface area (Å²) in [5.74, 6) is 1.63. The zero-order valence-electron chi connectivity index (χ0n) is 13.1. The molecule has 1 saturated heterocycles. The molecular weight excluding hydrogens is 288 g/mol. The van der Waals surface area contributed by atoms with Crippen molar-refractivity contribution in [3.8, 4) is 0 Å². The van der Waals surface area contributed by atoms with Crippen molar-refractivity contribution < 1.29 is 19.7 Å². The number of carboxylic acid groups (broad SMARTS) is 1. The van der Waals surface area contributed by atoms with Crippen molar-refractivity contribution in [3.05, 3.63) is 11.6 Å². The lowest BCUT2D eigenvalue weighted by Crippen LogP contribution is -2.26. The lowest BCUT2D eigenvalue weighted by Gasteiger charge is -2.19. The third-order valence-electron chi connectivity index (χ3n) is 3.44. The molecule has 8 nitrogen and oxygen atoms in total. The van der Waals surface area contributed by atoms with Crippen LogP contribution < -0.4 is 0 Å². The Kier molecular flexibility index (Phi) is 9.36. The highest BCUT2D eigenvalue weighted by Crippen LogP contribution is 2.12. The molecule has 0 aromatic carbocycles. The van der Waals surface area contributed by atoms with Gasteiger partial charge in [0.1, 0.15) is 12.4 Å². The van der Waals surface area contributed by atoms with Gasteiger partial charge in [-0.05, 0) is 25.9 Å². The van der Waals surface area contributed by atoms with E-state index in [0.29, 0.717) is 19.0 Å². The average Bonchev–Trinajstić information content (AvgIpc) is 2.70. The van der Waals surface area contributed by atoms with Crippen molar-refractivity contribution in [2.75, 3.05) is 26.8 Å². The largest absolute Gasteiger partial charge is 0.483 e. The summed E-state index contributed by atoms with van der Waals surface area (Å²) in [6.07, 6.45) is 5.18. The van der Waals surface area contributed by atoms with Crippen molar-refractivity contribution in [1.82, 2.24) is 19.7 Å². The van der Waals surface area contributed by atoms with Crippen LogP contribution in [0.4, 0.5) is 0 Å². The molecule has 1 aromatic rings. The van der Waals surface area contributed by atoms with E-state index in [0.717, 1.165) is 25.5 Å². The fraction of sp³-hybridized carbons (Fsp3) is 0.786. The first-order valence-corrected chi connectivity index (χ1v) is 7.57. The Balaban J connectivity index is 0.000000745. The van der Waals surface area contributed by atoms with Gasteiger partial charge in [0.15, 0.2) is 5.82 Å². The predicted octanol–water partition coefficient (Wildman–Crippen LogP) is 0.494. The molecule has 126 valence electrons. The zero-order valence-corrected chi connectivity index (χ0v) is 13.1. The second-order valence-corrected chi connectivity index (χ2v) is 5.12. The lowest BCUT2D eigenvalue weighted by atomic mass is 10.2. The first kappa shape index (κ1) is 18.5. The predicted molar refractivity (Wildman–Crippen MR) is 80.3 cm³/mol. The van der Waals surface area contributed by atoms with Crippen molar-refractivity contribution >= 4 is 6.47 Å². The van der Waals surface area contributed by atoms with Gasteiger partial charge in [0, 0.05) is 7.11 Å². The summed E-state index contributed by atoms with van der Waals surface area (Å²) in [7, 11) is 1.64. The van der Waals surface area contributed by atoms with Crippen molar-refractivity contribution in [3.63, 3.8) is 0 Å². The monoisotopic (exact) mass is 314 g/mol. The van der Waals surface area contributed by atoms with Gasteiger partial charge in [-0.1, -0.05) is 12.8 Å². The van der Waals surface area contributed by atoms with E-state index in [1.807, 2.05) is 0 Å². The molecule has 0 bridgehead atoms. The Bertz CT molecular complexity index is 417. The molecule has 0 aliphatic carbocycles. The van der Waals surface area contributed by atoms with E-state index in [1.165, 1.54) is 25.7 Å². The van der Waals surface area contributed by atoms with Gasteiger partial charge in [-0.3, -0.25) is 9.69 Å². The van der Waals surface area contributed by atoms with E-state index < -0.39 is 0 Å². The van der Waals surface area contributed by atoms with E-state index in [-0.39, 0.29) is 13.1 Å². The average molecular weight is 314 g/mol. The molecular formula is C14H26N4O4. The van der Waals surface area contributed by atoms with E-state index in [9.17, 15) is 0 Å². The quantitative estimate of drug-likeness (QED) is 0.737. The van der Waals surface area contributed by atoms with Crippen LogP contribution in [0.2, 0.25) is 0 Å². The number of carbonyl (C=O) groups is 1. The minimum absolute atomic E-state index is 0.0861. The van der Waals surface area contributed by atoms with E-state index in [2.05, 4.69) is 15.0 Å². The summed E-state index contributed by atoms with van der Waals surface area (Å²) in [5, 5.41) is 20.4. The van der Waals surface area contributed by atoms with Crippen LogP contribution in [0, 0.1) is 0 Å². The summed E-state index contributed by atoms with van der Waals surface area (Å²) in [4.78, 5) is 15.3. The Morgan fingerprint density at radius 2 is 1.91 bits per heavy atom. The number of likely N-dealkylation sites (tertiary alicyclic amines) is 1. The van der Waals surface area contributed by atoms with E-state index in [1.54, 1.807) is 11.8 Å². The van der Waals surface area contributed by atoms with Crippen molar-refractivity contribution in [2.45, 2.75) is 45.4 Å². The van der Waals surface area contributed by atoms with Crippen LogP contribution in [-0.2, 0) is 29.2 Å². The Labute approximate surface area is 130 Å². The first-order chi connectivity index (χ1) is 10.7. The topological polar surface area (TPSA) is 101 Å². The summed E-state index contributed by atoms with van der Waals surface area (Å²) in [5.41, 5.74) is 0. The number of aliphatic hydroxyl groups is 1. The molecule has 0 atom stereocenters. The first-order valence-electron chi connectivity index (χ1n) is 7.57. The van der Waals surface area contributed by atoms with Gasteiger partial charge in [0.25, 0.3) is 6.47 Å². The van der Waals surface area contributed by atoms with Gasteiger partial charge in [0.2, 0.25) is 0 Å². The summed E-state index contributed by atoms with van der Waals surface area (Å²) in [6, 6.07) is 0. The molecule has 0 amide bonds. The maximum absolute atomic E-state index is 9.10. The van der Waals surface area contributed by atoms with Crippen LogP contribution in [0.5, 0.6) is 0 Å². The Morgan fingerprint density at radius 1 is 1.27 bits per heavy atom. The van der Waals surface area contributed by atoms with Gasteiger partial charge in [0.05, 0.1) is 19.7 Å². The smallest absolute Gasteiger partial charge is 0.290 e. The van der Waals surface area contributed by atoms with Gasteiger partial charge in [-0.25, -0.2) is 9.67 Å². The van der Waals surface area contributed by atoms with Gasteiger partial charge in [-0.15, -0.1) is 0 Å². The number of aliphatic hydroxyl groups excluding tert-OH is 1. The zero-order chi connectivity index (χ0) is 16.2. The minimum atomic E-state index is -0.250. The van der Waals surface area contributed by atoms with Crippen molar-refractivity contribution in [1.29, 1.82) is 0 Å². The molecule has 1 fully saturated rings. The van der Waals surface area contributed by atoms with E-state index in [4.69, 9.17) is 19.7 Å². The second-order valence-electron chi connectivity index (χ2n) is 5.12. The third-order valence-corrected chi connectivity index (χ3v) is 3.44. The molecule has 1 aromatic heterocycles. The molecule has 2 rings (SSSR count). The molecule has 8 heteroatoms. The highest BCUT2D eigenvalue weighted by Gasteiger charge is 2.15. The van der Waals surface area contributed by atoms with Gasteiger partial charge < -0.3 is 14.9 Å². The molecule has 0 radical (unpaired) electrons. The maximum Gasteiger partial charge on any atom is 0.290 e. The molecule has 1 aliphatic rings. The molecule has 1 aliphatic heterocycles. The molecule has 0 saturated carbocycles. The molecule has 2 heterocycles. The minimum Gasteiger partial charge on any atom is -0.483 e. The second kappa shape index (κ2) is 11.1. The molecule has 2 N–H and O–H groups in total. The normalized spacial score (nSPS) is 15.7. The SMILES string of the molecule is COCc1nc(CN2CCCCCC2)n(CCO)n1.O=CO. The van der Waals surface area contributed by atoms with E-state index >= 15 is 0 Å². The Hall–Kier alpha value is -1.51. The summed E-state index contributed by atoms with van der Waals surface area (Å²) in [6.45, 7) is 3.84. The third kappa shape index (κ3) is 6.50. The number of aromatic nitrogens is 3. The number of methoxy groups -OCH3 is 1. The van der Waals surface area contributed by atoms with Crippen LogP contribution in [0.3, 0.4) is 0 Å². The number of hydrogen-bond acceptors (Lipinski definition) is 6. The number of ether oxygens (including phenoxy) is 1. The molecule has 22 heavy (non-hydrogen) atoms. The van der Waals surface area contributed by atoms with Crippen LogP contribution in [0.15, 0.2) is 0 Å². The highest BCUT2D eigenvalue weighted by molar-refractivity contribution is 5.32. The highest BCUT2D eigenvalue weighted by atomic mass is 16.5. The van der Waals surface area contributed by atoms with Crippen LogP contribution in [0.25, 0.3) is 0 Å². The maximum atomic E-state index is 9.10. The van der Waals surface area contributed by atoms with Crippen LogP contribution >= 0.6 is 0 Å². The lowest BCUT2D eigenvalue weighted by molar-refractivity contribution is -0.122. The standard InChI is InChI=1S/C13H24N4O2.CH2O2/c1-19-11-12-14-13(17(15-12)8-9-18)10-16-6-4-2-3-5-7-16;2-1-3/h18H,2-11H2,1H3;1H,(H,2,3). The molecule has 0 unspecified atom stereocenters. The van der Waals surface area contributed by atoms with Crippen LogP contribution in [-0.4, -0.2) is 63.2 Å². The fourth-order valence-electron chi connectivity index (χ4n) is 2.50. The summed E-state index contributed by atoms with van der Waals surface area (Å²) >= 11 is 0. The van der Waals surface area contributed by atoms with Gasteiger partial charge in [-0.2, -0.15) is 5.10 Å². The number of rotatable bonds is 6. The summed E-state index contributed by atoms with van der Waals surface area (Å²) < 4.78 is 6.87. The fourth-order valence-corrected chi connectivity index (χ4v) is 2.50. The number of nitrogens with zero attached hydrogens (tertiary/aromatic N) is 4. The van der Waals surface area contributed by atoms with Crippen molar-refractivity contribution in [2.24, 2.45) is 0 Å². The Morgan fingerprint density at radius 3 is 2.45 bits per heavy atom. The number of hydrogen-bond donors (Lipinski definition) is 2. The molecule has 0 spiro atoms. The van der Waals surface area contributed by atoms with Crippen LogP contribution in [0.1, 0.15) is 37.3 Å².